The summed E-state index contributed by atoms with van der Waals surface area (Å²) in [5.41, 5.74) is 0. The van der Waals surface area contributed by atoms with Crippen LogP contribution in [0, 0.1) is 0 Å². The van der Waals surface area contributed by atoms with E-state index in [1.165, 1.54) is 64.2 Å². The molecule has 0 amide bonds. The van der Waals surface area contributed by atoms with Gasteiger partial charge in [-0.15, -0.1) is 0 Å². The van der Waals surface area contributed by atoms with Crippen molar-refractivity contribution in [2.75, 3.05) is 24.6 Å². The second kappa shape index (κ2) is 16.1. The molecule has 0 unspecified atom stereocenters. The third-order valence-corrected chi connectivity index (χ3v) is 9.50. The Hall–Kier alpha value is 0.720. The lowest BCUT2D eigenvalue weighted by molar-refractivity contribution is -0.00000448. The van der Waals surface area contributed by atoms with Gasteiger partial charge in [0.15, 0.2) is 0 Å². The summed E-state index contributed by atoms with van der Waals surface area (Å²) in [5.74, 6) is 0. The molecule has 20 heavy (non-hydrogen) atoms. The number of unbranched alkanes of at least 4 members (excludes halogenated alkanes) is 6. The van der Waals surface area contributed by atoms with Gasteiger partial charge in [-0.25, -0.2) is 0 Å². The molecule has 0 bridgehead atoms. The smallest absolute Gasteiger partial charge is 0.0594 e. The van der Waals surface area contributed by atoms with Gasteiger partial charge in [-0.1, -0.05) is 66.2 Å². The van der Waals surface area contributed by atoms with Crippen LogP contribution in [0.2, 0.25) is 0 Å². The molecule has 0 spiro atoms. The van der Waals surface area contributed by atoms with Gasteiger partial charge in [0.25, 0.3) is 0 Å². The molecule has 0 aromatic heterocycles. The fourth-order valence-corrected chi connectivity index (χ4v) is 8.16. The van der Waals surface area contributed by atoms with Crippen molar-refractivity contribution >= 4 is 7.26 Å². The highest BCUT2D eigenvalue weighted by Crippen LogP contribution is 2.61. The first kappa shape index (κ1) is 23.0. The Morgan fingerprint density at radius 1 is 0.450 bits per heavy atom. The van der Waals surface area contributed by atoms with E-state index in [4.69, 9.17) is 0 Å². The van der Waals surface area contributed by atoms with Crippen LogP contribution in [0.4, 0.5) is 0 Å². The minimum Gasteiger partial charge on any atom is -1.00 e. The maximum absolute atomic E-state index is 2.37. The number of hydrogen-bond acceptors (Lipinski definition) is 0. The minimum absolute atomic E-state index is 0. The Labute approximate surface area is 136 Å². The van der Waals surface area contributed by atoms with Gasteiger partial charge in [-0.3, -0.25) is 0 Å². The third-order valence-electron chi connectivity index (χ3n) is 4.44. The van der Waals surface area contributed by atoms with E-state index in [2.05, 4.69) is 27.7 Å². The van der Waals surface area contributed by atoms with E-state index in [0.29, 0.717) is 0 Å². The van der Waals surface area contributed by atoms with Crippen LogP contribution >= 0.6 is 7.26 Å². The van der Waals surface area contributed by atoms with Crippen molar-refractivity contribution in [3.8, 4) is 0 Å². The summed E-state index contributed by atoms with van der Waals surface area (Å²) in [6.07, 6.45) is 21.0. The van der Waals surface area contributed by atoms with Crippen LogP contribution in [-0.4, -0.2) is 24.6 Å². The van der Waals surface area contributed by atoms with Gasteiger partial charge in [0.2, 0.25) is 0 Å². The van der Waals surface area contributed by atoms with Crippen molar-refractivity contribution in [2.45, 2.75) is 91.9 Å². The molecule has 0 fully saturated rings. The minimum atomic E-state index is -0.589. The van der Waals surface area contributed by atoms with Crippen LogP contribution in [-0.2, 0) is 0 Å². The molecular formula is C18H40ClP. The molecule has 0 N–H and O–H groups in total. The lowest BCUT2D eigenvalue weighted by Crippen LogP contribution is -3.00. The zero-order valence-electron chi connectivity index (χ0n) is 14.7. The highest BCUT2D eigenvalue weighted by molar-refractivity contribution is 7.75. The van der Waals surface area contributed by atoms with Gasteiger partial charge >= 0.3 is 0 Å². The molecule has 0 aromatic carbocycles. The standard InChI is InChI=1S/C18H40P.ClH/c1-5-9-13-17-19(15-11-7-3,16-12-8-4)18-14-10-6-2;/h5-18H2,1-4H3;1H/q+1;/p-1. The summed E-state index contributed by atoms with van der Waals surface area (Å²) in [6, 6.07) is 0. The van der Waals surface area contributed by atoms with Crippen molar-refractivity contribution in [3.63, 3.8) is 0 Å². The van der Waals surface area contributed by atoms with E-state index in [1.54, 1.807) is 24.6 Å². The molecule has 0 aliphatic rings. The van der Waals surface area contributed by atoms with Crippen molar-refractivity contribution in [3.05, 3.63) is 0 Å². The molecule has 0 rings (SSSR count). The summed E-state index contributed by atoms with van der Waals surface area (Å²) in [7, 11) is -0.589. The normalized spacial score (nSPS) is 11.4. The van der Waals surface area contributed by atoms with Crippen LogP contribution in [0.5, 0.6) is 0 Å². The zero-order valence-corrected chi connectivity index (χ0v) is 16.4. The highest BCUT2D eigenvalue weighted by Gasteiger charge is 2.34. The van der Waals surface area contributed by atoms with Gasteiger partial charge in [0, 0.05) is 7.26 Å². The van der Waals surface area contributed by atoms with Crippen LogP contribution in [0.1, 0.15) is 91.9 Å². The molecular weight excluding hydrogens is 283 g/mol. The third kappa shape index (κ3) is 11.4. The Balaban J connectivity index is 0. The summed E-state index contributed by atoms with van der Waals surface area (Å²) in [5, 5.41) is 0. The van der Waals surface area contributed by atoms with Crippen LogP contribution in [0.15, 0.2) is 0 Å². The second-order valence-electron chi connectivity index (χ2n) is 6.36. The molecule has 2 heteroatoms. The fraction of sp³-hybridized carbons (Fsp3) is 1.00. The maximum atomic E-state index is 2.37. The maximum Gasteiger partial charge on any atom is 0.0594 e. The lowest BCUT2D eigenvalue weighted by atomic mass is 10.3. The Morgan fingerprint density at radius 2 is 0.750 bits per heavy atom. The number of rotatable bonds is 14. The molecule has 0 atom stereocenters. The quantitative estimate of drug-likeness (QED) is 0.335. The number of hydrogen-bond donors (Lipinski definition) is 0. The van der Waals surface area contributed by atoms with E-state index >= 15 is 0 Å². The predicted octanol–water partition coefficient (Wildman–Crippen LogP) is 3.99. The summed E-state index contributed by atoms with van der Waals surface area (Å²) < 4.78 is 0. The largest absolute Gasteiger partial charge is 1.00 e. The monoisotopic (exact) mass is 322 g/mol. The average Bonchev–Trinajstić information content (AvgIpc) is 2.43. The van der Waals surface area contributed by atoms with Gasteiger partial charge in [0.05, 0.1) is 24.6 Å². The predicted molar refractivity (Wildman–Crippen MR) is 95.3 cm³/mol. The van der Waals surface area contributed by atoms with Gasteiger partial charge < -0.3 is 12.4 Å². The van der Waals surface area contributed by atoms with Crippen molar-refractivity contribution in [1.82, 2.24) is 0 Å². The molecule has 0 heterocycles. The first-order chi connectivity index (χ1) is 9.24. The van der Waals surface area contributed by atoms with E-state index in [0.717, 1.165) is 0 Å². The zero-order chi connectivity index (χ0) is 14.4. The van der Waals surface area contributed by atoms with Crippen molar-refractivity contribution < 1.29 is 12.4 Å². The molecule has 0 radical (unpaired) electrons. The second-order valence-corrected chi connectivity index (χ2v) is 10.8. The van der Waals surface area contributed by atoms with Crippen LogP contribution < -0.4 is 12.4 Å². The van der Waals surface area contributed by atoms with Crippen molar-refractivity contribution in [2.24, 2.45) is 0 Å². The topological polar surface area (TPSA) is 0 Å². The molecule has 0 aromatic rings. The first-order valence-corrected chi connectivity index (χ1v) is 11.6. The first-order valence-electron chi connectivity index (χ1n) is 9.09. The van der Waals surface area contributed by atoms with Crippen LogP contribution in [0.25, 0.3) is 0 Å². The van der Waals surface area contributed by atoms with E-state index in [9.17, 15) is 0 Å². The van der Waals surface area contributed by atoms with E-state index in [-0.39, 0.29) is 12.4 Å². The summed E-state index contributed by atoms with van der Waals surface area (Å²) in [6.45, 7) is 9.42. The van der Waals surface area contributed by atoms with Crippen molar-refractivity contribution in [1.29, 1.82) is 0 Å². The lowest BCUT2D eigenvalue weighted by Gasteiger charge is -2.28. The van der Waals surface area contributed by atoms with Gasteiger partial charge in [-0.05, 0) is 25.7 Å². The summed E-state index contributed by atoms with van der Waals surface area (Å²) >= 11 is 0. The Morgan fingerprint density at radius 3 is 1.05 bits per heavy atom. The van der Waals surface area contributed by atoms with E-state index < -0.39 is 7.26 Å². The summed E-state index contributed by atoms with van der Waals surface area (Å²) in [4.78, 5) is 0. The Kier molecular flexibility index (Phi) is 18.5. The fourth-order valence-electron chi connectivity index (χ4n) is 3.05. The molecule has 0 aliphatic heterocycles. The van der Waals surface area contributed by atoms with E-state index in [1.807, 2.05) is 0 Å². The molecule has 0 saturated heterocycles. The average molecular weight is 323 g/mol. The molecule has 0 aliphatic carbocycles. The Bertz CT molecular complexity index is 162. The van der Waals surface area contributed by atoms with Gasteiger partial charge in [-0.2, -0.15) is 0 Å². The molecule has 0 saturated carbocycles. The molecule has 0 nitrogen and oxygen atoms in total. The van der Waals surface area contributed by atoms with Crippen LogP contribution in [0.3, 0.4) is 0 Å². The number of halogens is 1. The van der Waals surface area contributed by atoms with Gasteiger partial charge in [0.1, 0.15) is 0 Å². The molecule has 124 valence electrons. The highest BCUT2D eigenvalue weighted by atomic mass is 35.5. The SMILES string of the molecule is CCCCC[P+](CCCC)(CCCC)CCCCC.[Cl-].